The Morgan fingerprint density at radius 2 is 0.689 bits per heavy atom. The van der Waals surface area contributed by atoms with Crippen molar-refractivity contribution in [2.24, 2.45) is 0 Å². The summed E-state index contributed by atoms with van der Waals surface area (Å²) < 4.78 is 23.6. The maximum atomic E-state index is 5.64. The Morgan fingerprint density at radius 3 is 0.978 bits per heavy atom. The third kappa shape index (κ3) is 3.92. The first kappa shape index (κ1) is 25.7. The summed E-state index contributed by atoms with van der Waals surface area (Å²) in [5.74, 6) is 2.41. The smallest absolute Gasteiger partial charge is 0.225 e. The Morgan fingerprint density at radius 1 is 0.400 bits per heavy atom. The number of imidazole rings is 3. The summed E-state index contributed by atoms with van der Waals surface area (Å²) in [6.07, 6.45) is 0. The standard InChI is InChI=1S/C33H33N9O3/c1-4-25-28(19-22(1)37-7-13-43-14-8-37)40-31(34-25)41-29-20-23(38-9-15-44-16-10-38)2-5-26(29)36-33(41)42-30-21-24(39-11-17-45-18-12-39)3-6-27(30)35-32(40)42/h1-6,19-21H,7-18H2. The van der Waals surface area contributed by atoms with E-state index in [9.17, 15) is 0 Å². The molecule has 0 N–H and O–H groups in total. The first-order valence-electron chi connectivity index (χ1n) is 15.9. The van der Waals surface area contributed by atoms with Crippen LogP contribution in [-0.4, -0.2) is 107 Å². The molecular formula is C33H33N9O3. The van der Waals surface area contributed by atoms with Crippen molar-refractivity contribution < 1.29 is 14.2 Å². The number of aromatic nitrogens is 6. The van der Waals surface area contributed by atoms with Crippen LogP contribution in [0.4, 0.5) is 17.1 Å². The Labute approximate surface area is 257 Å². The summed E-state index contributed by atoms with van der Waals surface area (Å²) in [4.78, 5) is 22.9. The lowest BCUT2D eigenvalue weighted by atomic mass is 10.2. The quantitative estimate of drug-likeness (QED) is 0.301. The van der Waals surface area contributed by atoms with Crippen LogP contribution in [-0.2, 0) is 14.2 Å². The first-order chi connectivity index (χ1) is 22.3. The number of morpholine rings is 3. The number of hydrogen-bond donors (Lipinski definition) is 0. The summed E-state index contributed by atoms with van der Waals surface area (Å²) >= 11 is 0. The van der Waals surface area contributed by atoms with Gasteiger partial charge in [0.2, 0.25) is 17.3 Å². The second-order valence-electron chi connectivity index (χ2n) is 12.1. The van der Waals surface area contributed by atoms with Gasteiger partial charge in [0.15, 0.2) is 0 Å². The van der Waals surface area contributed by atoms with E-state index in [1.165, 1.54) is 17.1 Å². The highest BCUT2D eigenvalue weighted by Crippen LogP contribution is 2.33. The Balaban J connectivity index is 1.29. The van der Waals surface area contributed by atoms with Gasteiger partial charge in [-0.25, -0.2) is 28.2 Å². The molecule has 4 aromatic heterocycles. The van der Waals surface area contributed by atoms with Crippen LogP contribution >= 0.6 is 0 Å². The van der Waals surface area contributed by atoms with Crippen molar-refractivity contribution >= 4 is 67.5 Å². The molecule has 0 unspecified atom stereocenters. The van der Waals surface area contributed by atoms with Crippen LogP contribution in [0.25, 0.3) is 50.4 Å². The molecule has 0 atom stereocenters. The third-order valence-electron chi connectivity index (χ3n) is 9.59. The van der Waals surface area contributed by atoms with Gasteiger partial charge in [0.05, 0.1) is 72.7 Å². The van der Waals surface area contributed by atoms with Gasteiger partial charge in [-0.3, -0.25) is 0 Å². The van der Waals surface area contributed by atoms with E-state index in [4.69, 9.17) is 29.2 Å². The number of ether oxygens (including phenoxy) is 3. The van der Waals surface area contributed by atoms with Gasteiger partial charge in [-0.05, 0) is 54.6 Å². The van der Waals surface area contributed by atoms with Gasteiger partial charge < -0.3 is 28.9 Å². The highest BCUT2D eigenvalue weighted by atomic mass is 16.5. The maximum Gasteiger partial charge on any atom is 0.225 e. The van der Waals surface area contributed by atoms with Crippen molar-refractivity contribution in [2.75, 3.05) is 93.6 Å². The molecule has 7 heterocycles. The fraction of sp³-hybridized carbons (Fsp3) is 0.364. The summed E-state index contributed by atoms with van der Waals surface area (Å²) in [5.41, 5.74) is 9.35. The molecular weight excluding hydrogens is 570 g/mol. The minimum atomic E-state index is 0.736. The zero-order valence-corrected chi connectivity index (χ0v) is 24.9. The van der Waals surface area contributed by atoms with Crippen LogP contribution in [0.1, 0.15) is 0 Å². The van der Waals surface area contributed by atoms with Gasteiger partial charge in [-0.1, -0.05) is 0 Å². The Hall–Kier alpha value is -4.65. The molecule has 0 aliphatic carbocycles. The number of hydrogen-bond acceptors (Lipinski definition) is 9. The van der Waals surface area contributed by atoms with Crippen molar-refractivity contribution in [1.82, 2.24) is 28.2 Å². The zero-order valence-electron chi connectivity index (χ0n) is 24.9. The summed E-state index contributed by atoms with van der Waals surface area (Å²) in [6.45, 7) is 9.64. The fourth-order valence-corrected chi connectivity index (χ4v) is 7.25. The number of nitrogens with zero attached hydrogens (tertiary/aromatic N) is 9. The fourth-order valence-electron chi connectivity index (χ4n) is 7.25. The van der Waals surface area contributed by atoms with Crippen LogP contribution in [0.15, 0.2) is 54.6 Å². The molecule has 45 heavy (non-hydrogen) atoms. The predicted octanol–water partition coefficient (Wildman–Crippen LogP) is 3.60. The van der Waals surface area contributed by atoms with E-state index in [0.29, 0.717) is 0 Å². The first-order valence-corrected chi connectivity index (χ1v) is 15.9. The van der Waals surface area contributed by atoms with E-state index < -0.39 is 0 Å². The molecule has 3 aliphatic rings. The molecule has 0 saturated carbocycles. The number of fused-ring (bicyclic) bond motifs is 12. The molecule has 228 valence electrons. The van der Waals surface area contributed by atoms with Crippen LogP contribution in [0.2, 0.25) is 0 Å². The van der Waals surface area contributed by atoms with E-state index in [1.54, 1.807) is 0 Å². The largest absolute Gasteiger partial charge is 0.378 e. The molecule has 7 aromatic rings. The molecule has 0 bridgehead atoms. The zero-order chi connectivity index (χ0) is 29.5. The number of rotatable bonds is 3. The van der Waals surface area contributed by atoms with Crippen LogP contribution in [0.3, 0.4) is 0 Å². The molecule has 12 nitrogen and oxygen atoms in total. The van der Waals surface area contributed by atoms with E-state index >= 15 is 0 Å². The molecule has 3 aromatic carbocycles. The summed E-state index contributed by atoms with van der Waals surface area (Å²) in [7, 11) is 0. The van der Waals surface area contributed by atoms with Crippen LogP contribution < -0.4 is 14.7 Å². The number of benzene rings is 3. The highest BCUT2D eigenvalue weighted by molar-refractivity contribution is 5.93. The average Bonchev–Trinajstić information content (AvgIpc) is 3.79. The normalized spacial score (nSPS) is 18.5. The van der Waals surface area contributed by atoms with Crippen molar-refractivity contribution in [3.8, 4) is 0 Å². The maximum absolute atomic E-state index is 5.64. The van der Waals surface area contributed by atoms with E-state index in [2.05, 4.69) is 82.5 Å². The Bertz CT molecular complexity index is 1970. The molecule has 3 fully saturated rings. The average molecular weight is 604 g/mol. The van der Waals surface area contributed by atoms with E-state index in [-0.39, 0.29) is 0 Å². The molecule has 10 rings (SSSR count). The van der Waals surface area contributed by atoms with E-state index in [1.807, 2.05) is 0 Å². The lowest BCUT2D eigenvalue weighted by Crippen LogP contribution is -2.36. The van der Waals surface area contributed by atoms with E-state index in [0.717, 1.165) is 129 Å². The van der Waals surface area contributed by atoms with Crippen molar-refractivity contribution in [1.29, 1.82) is 0 Å². The van der Waals surface area contributed by atoms with Gasteiger partial charge >= 0.3 is 0 Å². The minimum Gasteiger partial charge on any atom is -0.378 e. The van der Waals surface area contributed by atoms with Crippen LogP contribution in [0.5, 0.6) is 0 Å². The summed E-state index contributed by atoms with van der Waals surface area (Å²) in [5, 5.41) is 0. The topological polar surface area (TPSA) is 89.3 Å². The van der Waals surface area contributed by atoms with Crippen molar-refractivity contribution in [2.45, 2.75) is 0 Å². The number of anilines is 3. The molecule has 3 aliphatic heterocycles. The Kier molecular flexibility index (Phi) is 5.66. The SMILES string of the molecule is c1cc2nc3n(c2cc1N1CCOCC1)c1nc2ccc(N4CCOCC4)cc2n1c1nc2ccc(N4CCOCC4)cc2n31. The molecule has 0 radical (unpaired) electrons. The van der Waals surface area contributed by atoms with Gasteiger partial charge in [-0.15, -0.1) is 0 Å². The lowest BCUT2D eigenvalue weighted by Gasteiger charge is -2.28. The molecule has 0 spiro atoms. The van der Waals surface area contributed by atoms with Crippen molar-refractivity contribution in [3.05, 3.63) is 54.6 Å². The third-order valence-corrected chi connectivity index (χ3v) is 9.59. The van der Waals surface area contributed by atoms with Gasteiger partial charge in [0, 0.05) is 56.3 Å². The molecule has 3 saturated heterocycles. The monoisotopic (exact) mass is 603 g/mol. The van der Waals surface area contributed by atoms with Gasteiger partial charge in [-0.2, -0.15) is 0 Å². The lowest BCUT2D eigenvalue weighted by molar-refractivity contribution is 0.122. The van der Waals surface area contributed by atoms with Gasteiger partial charge in [0.25, 0.3) is 0 Å². The van der Waals surface area contributed by atoms with Gasteiger partial charge in [0.1, 0.15) is 0 Å². The molecule has 12 heteroatoms. The highest BCUT2D eigenvalue weighted by Gasteiger charge is 2.24. The predicted molar refractivity (Wildman–Crippen MR) is 174 cm³/mol. The second-order valence-corrected chi connectivity index (χ2v) is 12.1. The van der Waals surface area contributed by atoms with Crippen LogP contribution in [0, 0.1) is 0 Å². The minimum absolute atomic E-state index is 0.736. The second kappa shape index (κ2) is 9.93. The molecule has 0 amide bonds. The summed E-state index contributed by atoms with van der Waals surface area (Å²) in [6, 6.07) is 19.7. The van der Waals surface area contributed by atoms with Crippen molar-refractivity contribution in [3.63, 3.8) is 0 Å².